The number of piperazine rings is 1. The van der Waals surface area contributed by atoms with Gasteiger partial charge in [0.25, 0.3) is 0 Å². The molecule has 1 aliphatic rings. The number of hydrogen-bond donors (Lipinski definition) is 1. The van der Waals surface area contributed by atoms with Gasteiger partial charge < -0.3 is 19.9 Å². The van der Waals surface area contributed by atoms with E-state index in [1.807, 2.05) is 13.8 Å². The van der Waals surface area contributed by atoms with E-state index < -0.39 is 10.0 Å². The molecule has 0 aromatic heterocycles. The number of hydrogen-bond acceptors (Lipinski definition) is 5. The lowest BCUT2D eigenvalue weighted by Crippen LogP contribution is -2.54. The smallest absolute Gasteiger partial charge is 0.216 e. The Morgan fingerprint density at radius 3 is 2.23 bits per heavy atom. The third-order valence-electron chi connectivity index (χ3n) is 5.00. The highest BCUT2D eigenvalue weighted by atomic mass is 127. The van der Waals surface area contributed by atoms with Gasteiger partial charge in [-0.05, 0) is 47.3 Å². The summed E-state index contributed by atoms with van der Waals surface area (Å²) in [6.07, 6.45) is 6.22. The minimum Gasteiger partial charge on any atom is -0.378 e. The van der Waals surface area contributed by atoms with Crippen molar-refractivity contribution in [3.05, 3.63) is 0 Å². The van der Waals surface area contributed by atoms with Crippen molar-refractivity contribution in [2.75, 3.05) is 72.8 Å². The van der Waals surface area contributed by atoms with Crippen molar-refractivity contribution in [2.45, 2.75) is 52.1 Å². The zero-order chi connectivity index (χ0) is 21.7. The molecule has 1 fully saturated rings. The maximum absolute atomic E-state index is 12.4. The van der Waals surface area contributed by atoms with Gasteiger partial charge in [-0.15, -0.1) is 24.0 Å². The first-order valence-corrected chi connectivity index (χ1v) is 12.6. The van der Waals surface area contributed by atoms with Crippen molar-refractivity contribution in [3.8, 4) is 0 Å². The summed E-state index contributed by atoms with van der Waals surface area (Å²) in [6, 6.07) is 0. The SMILES string of the molecule is CN=C(NCCCCCCCN(C)C)N1CCN(S(=O)(=O)CCOC(C)C)CC1.I. The number of unbranched alkanes of at least 4 members (excludes halogenated alkanes) is 4. The summed E-state index contributed by atoms with van der Waals surface area (Å²) in [5, 5.41) is 3.43. The van der Waals surface area contributed by atoms with Gasteiger partial charge in [0.15, 0.2) is 5.96 Å². The first-order chi connectivity index (χ1) is 13.8. The third-order valence-corrected chi connectivity index (χ3v) is 6.84. The lowest BCUT2D eigenvalue weighted by molar-refractivity contribution is 0.0904. The van der Waals surface area contributed by atoms with Crippen molar-refractivity contribution < 1.29 is 13.2 Å². The second kappa shape index (κ2) is 16.5. The summed E-state index contributed by atoms with van der Waals surface area (Å²) < 4.78 is 31.9. The van der Waals surface area contributed by atoms with Crippen LogP contribution in [0.1, 0.15) is 46.0 Å². The van der Waals surface area contributed by atoms with Crippen LogP contribution in [0.25, 0.3) is 0 Å². The molecule has 0 atom stereocenters. The molecule has 180 valence electrons. The van der Waals surface area contributed by atoms with Crippen LogP contribution in [0.3, 0.4) is 0 Å². The van der Waals surface area contributed by atoms with E-state index in [9.17, 15) is 8.42 Å². The fourth-order valence-corrected chi connectivity index (χ4v) is 4.60. The molecule has 0 aromatic rings. The molecule has 30 heavy (non-hydrogen) atoms. The van der Waals surface area contributed by atoms with Crippen LogP contribution in [0, 0.1) is 0 Å². The lowest BCUT2D eigenvalue weighted by Gasteiger charge is -2.35. The molecule has 0 bridgehead atoms. The van der Waals surface area contributed by atoms with E-state index in [4.69, 9.17) is 4.74 Å². The van der Waals surface area contributed by atoms with Crippen molar-refractivity contribution in [2.24, 2.45) is 4.99 Å². The van der Waals surface area contributed by atoms with Crippen LogP contribution in [-0.2, 0) is 14.8 Å². The Morgan fingerprint density at radius 2 is 1.67 bits per heavy atom. The minimum absolute atomic E-state index is 0. The first-order valence-electron chi connectivity index (χ1n) is 11.0. The van der Waals surface area contributed by atoms with E-state index in [0.29, 0.717) is 26.2 Å². The van der Waals surface area contributed by atoms with Crippen molar-refractivity contribution >= 4 is 40.0 Å². The molecule has 10 heteroatoms. The molecular weight excluding hydrogens is 517 g/mol. The molecule has 1 saturated heterocycles. The summed E-state index contributed by atoms with van der Waals surface area (Å²) in [6.45, 7) is 8.46. The normalized spacial score (nSPS) is 16.2. The molecule has 8 nitrogen and oxygen atoms in total. The number of guanidine groups is 1. The quantitative estimate of drug-likeness (QED) is 0.161. The molecule has 0 radical (unpaired) electrons. The highest BCUT2D eigenvalue weighted by molar-refractivity contribution is 14.0. The number of rotatable bonds is 13. The van der Waals surface area contributed by atoms with E-state index in [1.54, 1.807) is 11.4 Å². The number of sulfonamides is 1. The molecule has 0 spiro atoms. The van der Waals surface area contributed by atoms with Gasteiger partial charge in [0.2, 0.25) is 10.0 Å². The molecule has 1 rings (SSSR count). The highest BCUT2D eigenvalue weighted by Gasteiger charge is 2.27. The number of nitrogens with one attached hydrogen (secondary N) is 1. The van der Waals surface area contributed by atoms with Gasteiger partial charge in [0.05, 0.1) is 18.5 Å². The monoisotopic (exact) mass is 561 g/mol. The summed E-state index contributed by atoms with van der Waals surface area (Å²) in [7, 11) is 2.77. The van der Waals surface area contributed by atoms with E-state index in [0.717, 1.165) is 25.5 Å². The first kappa shape index (κ1) is 29.8. The fraction of sp³-hybridized carbons (Fsp3) is 0.950. The lowest BCUT2D eigenvalue weighted by atomic mass is 10.1. The average Bonchev–Trinajstić information content (AvgIpc) is 2.66. The number of ether oxygens (including phenoxy) is 1. The van der Waals surface area contributed by atoms with Crippen LogP contribution in [-0.4, -0.2) is 107 Å². The topological polar surface area (TPSA) is 77.5 Å². The zero-order valence-electron chi connectivity index (χ0n) is 19.6. The van der Waals surface area contributed by atoms with Crippen LogP contribution >= 0.6 is 24.0 Å². The summed E-state index contributed by atoms with van der Waals surface area (Å²) in [5.74, 6) is 0.921. The zero-order valence-corrected chi connectivity index (χ0v) is 22.7. The number of nitrogens with zero attached hydrogens (tertiary/aromatic N) is 4. The van der Waals surface area contributed by atoms with Gasteiger partial charge in [0, 0.05) is 39.8 Å². The van der Waals surface area contributed by atoms with Crippen LogP contribution in [0.5, 0.6) is 0 Å². The average molecular weight is 562 g/mol. The van der Waals surface area contributed by atoms with Crippen molar-refractivity contribution in [1.82, 2.24) is 19.4 Å². The van der Waals surface area contributed by atoms with Gasteiger partial charge in [0.1, 0.15) is 0 Å². The standard InChI is InChI=1S/C20H43N5O3S.HI/c1-19(2)28-17-18-29(26,27)25-15-13-24(14-16-25)20(21-3)22-11-9-7-6-8-10-12-23(4)5;/h19H,6-18H2,1-5H3,(H,21,22);1H. The maximum atomic E-state index is 12.4. The molecule has 1 aliphatic heterocycles. The molecule has 0 saturated carbocycles. The van der Waals surface area contributed by atoms with E-state index >= 15 is 0 Å². The molecule has 0 unspecified atom stereocenters. The summed E-state index contributed by atoms with van der Waals surface area (Å²) in [4.78, 5) is 8.75. The Kier molecular flexibility index (Phi) is 16.4. The second-order valence-electron chi connectivity index (χ2n) is 8.17. The summed E-state index contributed by atoms with van der Waals surface area (Å²) >= 11 is 0. The van der Waals surface area contributed by atoms with Crippen LogP contribution in [0.4, 0.5) is 0 Å². The predicted octanol–water partition coefficient (Wildman–Crippen LogP) is 2.06. The van der Waals surface area contributed by atoms with Gasteiger partial charge >= 0.3 is 0 Å². The van der Waals surface area contributed by atoms with Gasteiger partial charge in [-0.25, -0.2) is 8.42 Å². The third kappa shape index (κ3) is 12.6. The maximum Gasteiger partial charge on any atom is 0.216 e. The molecule has 0 aliphatic carbocycles. The number of halogens is 1. The number of aliphatic imine (C=N–C) groups is 1. The molecular formula is C20H44IN5O3S. The van der Waals surface area contributed by atoms with Gasteiger partial charge in [-0.1, -0.05) is 19.3 Å². The fourth-order valence-electron chi connectivity index (χ4n) is 3.31. The highest BCUT2D eigenvalue weighted by Crippen LogP contribution is 2.09. The molecule has 1 N–H and O–H groups in total. The second-order valence-corrected chi connectivity index (χ2v) is 10.3. The molecule has 1 heterocycles. The Labute approximate surface area is 201 Å². The van der Waals surface area contributed by atoms with Crippen LogP contribution in [0.15, 0.2) is 4.99 Å². The predicted molar refractivity (Wildman–Crippen MR) is 136 cm³/mol. The van der Waals surface area contributed by atoms with Crippen molar-refractivity contribution in [1.29, 1.82) is 0 Å². The van der Waals surface area contributed by atoms with E-state index in [-0.39, 0.29) is 42.4 Å². The van der Waals surface area contributed by atoms with Crippen LogP contribution in [0.2, 0.25) is 0 Å². The molecule has 0 amide bonds. The minimum atomic E-state index is -3.25. The van der Waals surface area contributed by atoms with E-state index in [2.05, 4.69) is 34.2 Å². The molecule has 0 aromatic carbocycles. The Balaban J connectivity index is 0.00000841. The Bertz CT molecular complexity index is 565. The Morgan fingerprint density at radius 1 is 1.07 bits per heavy atom. The van der Waals surface area contributed by atoms with Gasteiger partial charge in [-0.2, -0.15) is 4.31 Å². The largest absolute Gasteiger partial charge is 0.378 e. The van der Waals surface area contributed by atoms with Crippen LogP contribution < -0.4 is 5.32 Å². The van der Waals surface area contributed by atoms with Crippen molar-refractivity contribution in [3.63, 3.8) is 0 Å². The van der Waals surface area contributed by atoms with E-state index in [1.165, 1.54) is 25.7 Å². The summed E-state index contributed by atoms with van der Waals surface area (Å²) in [5.41, 5.74) is 0. The Hall–Kier alpha value is -0.170. The van der Waals surface area contributed by atoms with Gasteiger partial charge in [-0.3, -0.25) is 4.99 Å².